The number of hydrogen-bond donors (Lipinski definition) is 0. The lowest BCUT2D eigenvalue weighted by molar-refractivity contribution is 0.596. The lowest BCUT2D eigenvalue weighted by atomic mass is 9.98. The summed E-state index contributed by atoms with van der Waals surface area (Å²) in [7, 11) is 0. The Labute approximate surface area is 854 Å². The zero-order chi connectivity index (χ0) is 98.3. The normalized spacial score (nSPS) is 12.0. The van der Waals surface area contributed by atoms with Crippen molar-refractivity contribution in [3.05, 3.63) is 499 Å². The molecule has 14 heterocycles. The van der Waals surface area contributed by atoms with Crippen LogP contribution in [-0.2, 0) is 0 Å². The van der Waals surface area contributed by atoms with Crippen LogP contribution in [0, 0.1) is 0 Å². The number of imidazole rings is 3. The fourth-order valence-electron chi connectivity index (χ4n) is 23.4. The molecule has 0 saturated carbocycles. The Hall–Kier alpha value is -20.7. The van der Waals surface area contributed by atoms with Crippen molar-refractivity contribution < 1.29 is 13.3 Å². The summed E-state index contributed by atoms with van der Waals surface area (Å²) in [4.78, 5) is 23.8. The van der Waals surface area contributed by atoms with Crippen molar-refractivity contribution >= 4 is 181 Å². The van der Waals surface area contributed by atoms with E-state index < -0.39 is 0 Å². The molecule has 0 aliphatic heterocycles. The van der Waals surface area contributed by atoms with Crippen molar-refractivity contribution in [2.45, 2.75) is 0 Å². The second-order valence-corrected chi connectivity index (χ2v) is 38.5. The van der Waals surface area contributed by atoms with Gasteiger partial charge >= 0.3 is 17.5 Å². The molecule has 702 valence electrons. The summed E-state index contributed by atoms with van der Waals surface area (Å²) in [6.45, 7) is 0. The highest BCUT2D eigenvalue weighted by atomic mass is 16.4. The zero-order valence-electron chi connectivity index (χ0n) is 80.3. The smallest absolute Gasteiger partial charge is 0.306 e. The average molecular weight is 1920 g/mol. The Balaban J connectivity index is 0.000000101. The topological polar surface area (TPSA) is 147 Å². The highest BCUT2D eigenvalue weighted by Gasteiger charge is 2.25. The highest BCUT2D eigenvalue weighted by Crippen LogP contribution is 2.45. The third-order valence-corrected chi connectivity index (χ3v) is 30.2. The van der Waals surface area contributed by atoms with E-state index >= 15 is 0 Å². The van der Waals surface area contributed by atoms with Gasteiger partial charge in [0.1, 0.15) is 24.6 Å². The summed E-state index contributed by atoms with van der Waals surface area (Å²) in [5, 5.41) is 14.9. The van der Waals surface area contributed by atoms with Crippen molar-refractivity contribution in [3.8, 4) is 101 Å². The SMILES string of the molecule is c1cc(-c2ccc3nc4occn4c3c2)cc(-c2cccc(-n3c4ccccc4c4cc(-n5c6ccccc6c6ccccc65)ccc43)n2)c1.c1cc(-c2cccc(-n3c4ccccc4c4cc(-n5c6ccccc6c6ccccc65)ccc43)c2)cc(-c2ccc3nc4occn4c3c2)c1.c1cc(-c2ccnc(-c3ccc4nc5occn5c4c3)c2)cc(-n2c3ccccc3c3cc(-n4c5ccccc5c5ccccc54)ccc32)c1. The van der Waals surface area contributed by atoms with Gasteiger partial charge in [-0.15, -0.1) is 0 Å². The summed E-state index contributed by atoms with van der Waals surface area (Å²) < 4.78 is 36.7. The number of para-hydroxylation sites is 9. The van der Waals surface area contributed by atoms with Gasteiger partial charge < -0.3 is 36.1 Å². The molecule has 19 aromatic carbocycles. The fourth-order valence-corrected chi connectivity index (χ4v) is 23.4. The molecule has 0 amide bonds. The van der Waals surface area contributed by atoms with Gasteiger partial charge in [-0.3, -0.25) is 22.8 Å². The third-order valence-electron chi connectivity index (χ3n) is 30.2. The van der Waals surface area contributed by atoms with Gasteiger partial charge in [-0.1, -0.05) is 249 Å². The molecule has 0 aliphatic rings. The molecule has 0 radical (unpaired) electrons. The summed E-state index contributed by atoms with van der Waals surface area (Å²) in [5.41, 5.74) is 38.7. The van der Waals surface area contributed by atoms with Gasteiger partial charge in [0.05, 0.1) is 111 Å². The molecule has 0 spiro atoms. The van der Waals surface area contributed by atoms with Gasteiger partial charge in [-0.05, 0) is 251 Å². The van der Waals surface area contributed by atoms with Crippen LogP contribution < -0.4 is 0 Å². The van der Waals surface area contributed by atoms with E-state index in [0.29, 0.717) is 17.5 Å². The predicted molar refractivity (Wildman–Crippen MR) is 609 cm³/mol. The van der Waals surface area contributed by atoms with Gasteiger partial charge in [0.2, 0.25) is 0 Å². The second-order valence-electron chi connectivity index (χ2n) is 38.5. The minimum Gasteiger partial charge on any atom is -0.432 e. The summed E-state index contributed by atoms with van der Waals surface area (Å²) in [6, 6.07) is 163. The Morgan fingerprint density at radius 2 is 0.427 bits per heavy atom. The maximum atomic E-state index is 5.52. The number of benzene rings is 19. The van der Waals surface area contributed by atoms with Crippen LogP contribution in [0.4, 0.5) is 0 Å². The largest absolute Gasteiger partial charge is 0.432 e. The summed E-state index contributed by atoms with van der Waals surface area (Å²) in [5.74, 6) is 2.67. The standard InChI is InChI=1S/C45H28N4O.2C44H27N5O/c1-4-16-40-35(13-1)36-14-2-5-17-41(36)49(40)34-20-22-43-38(28-34)37-15-3-6-18-42(37)48(43)33-12-8-11-31(26-33)29-9-7-10-30(25-29)32-19-21-39-44(27-32)47-23-24-50-45(47)46-39;1-4-15-38-32(11-1)33-12-2-5-16-39(33)48(38)31-20-22-41-35(27-31)34-13-3-6-17-40(34)49(41)43-18-8-14-36(45-43)30-10-7-9-28(25-30)29-19-21-37-42(26-29)47-23-24-50-44(47)46-37;1-4-13-39-33(10-1)34-11-2-5-14-40(34)49(39)32-17-19-42-36(27-32)35-12-3-6-15-41(35)48(42)31-9-7-8-28(24-31)29-20-21-45-38(25-29)30-16-18-37-43(26-30)47-22-23-50-44(47)46-37/h1-28H;2*1-27H. The Bertz CT molecular complexity index is 10200. The van der Waals surface area contributed by atoms with E-state index in [4.69, 9.17) is 23.2 Å². The van der Waals surface area contributed by atoms with Crippen LogP contribution in [0.15, 0.2) is 512 Å². The maximum Gasteiger partial charge on any atom is 0.306 e. The van der Waals surface area contributed by atoms with Crippen LogP contribution in [0.5, 0.6) is 0 Å². The number of aromatic nitrogens is 14. The fraction of sp³-hybridized carbons (Fsp3) is 0. The second kappa shape index (κ2) is 33.5. The van der Waals surface area contributed by atoms with Gasteiger partial charge in [-0.2, -0.15) is 15.0 Å². The van der Waals surface area contributed by atoms with Crippen molar-refractivity contribution in [2.75, 3.05) is 0 Å². The number of hydrogen-bond acceptors (Lipinski definition) is 8. The number of oxazole rings is 3. The molecule has 0 saturated heterocycles. The summed E-state index contributed by atoms with van der Waals surface area (Å²) in [6.07, 6.45) is 12.6. The number of pyridine rings is 2. The Kier molecular flexibility index (Phi) is 18.7. The van der Waals surface area contributed by atoms with E-state index in [0.717, 1.165) is 134 Å². The molecule has 0 unspecified atom stereocenters. The first kappa shape index (κ1) is 83.9. The minimum absolute atomic E-state index is 0.587. The molecule has 0 bridgehead atoms. The number of nitrogens with zero attached hydrogens (tertiary/aromatic N) is 14. The lowest BCUT2D eigenvalue weighted by Gasteiger charge is -2.12. The van der Waals surface area contributed by atoms with Gasteiger partial charge in [0, 0.05) is 129 Å². The van der Waals surface area contributed by atoms with Gasteiger partial charge in [0.15, 0.2) is 0 Å². The van der Waals surface area contributed by atoms with Crippen molar-refractivity contribution in [3.63, 3.8) is 0 Å². The number of rotatable bonds is 12. The molecule has 17 heteroatoms. The van der Waals surface area contributed by atoms with Crippen LogP contribution in [0.2, 0.25) is 0 Å². The Morgan fingerprint density at radius 1 is 0.160 bits per heavy atom. The van der Waals surface area contributed by atoms with Crippen LogP contribution in [0.3, 0.4) is 0 Å². The molecule has 17 nitrogen and oxygen atoms in total. The monoisotopic (exact) mass is 1920 g/mol. The molecule has 150 heavy (non-hydrogen) atoms. The molecule has 33 aromatic rings. The van der Waals surface area contributed by atoms with E-state index in [9.17, 15) is 0 Å². The highest BCUT2D eigenvalue weighted by molar-refractivity contribution is 6.17. The van der Waals surface area contributed by atoms with Crippen LogP contribution in [-0.4, -0.2) is 65.5 Å². The van der Waals surface area contributed by atoms with Crippen LogP contribution in [0.25, 0.3) is 283 Å². The van der Waals surface area contributed by atoms with Crippen LogP contribution in [0.1, 0.15) is 0 Å². The first-order valence-electron chi connectivity index (χ1n) is 50.3. The maximum absolute atomic E-state index is 5.52. The van der Waals surface area contributed by atoms with E-state index in [1.807, 2.05) is 50.1 Å². The molecule has 0 N–H and O–H groups in total. The molecular weight excluding hydrogens is 1840 g/mol. The van der Waals surface area contributed by atoms with Crippen molar-refractivity contribution in [1.82, 2.24) is 65.5 Å². The molecule has 0 aliphatic carbocycles. The molecule has 14 aromatic heterocycles. The molecule has 33 rings (SSSR count). The molecular formula is C133H82N14O3. The summed E-state index contributed by atoms with van der Waals surface area (Å²) >= 11 is 0. The number of fused-ring (bicyclic) bond motifs is 27. The first-order chi connectivity index (χ1) is 74.3. The van der Waals surface area contributed by atoms with E-state index in [2.05, 4.69) is 485 Å². The predicted octanol–water partition coefficient (Wildman–Crippen LogP) is 33.6. The quantitative estimate of drug-likeness (QED) is 0.117. The zero-order valence-corrected chi connectivity index (χ0v) is 80.3. The third kappa shape index (κ3) is 13.3. The van der Waals surface area contributed by atoms with Crippen LogP contribution >= 0.6 is 0 Å². The van der Waals surface area contributed by atoms with Gasteiger partial charge in [0.25, 0.3) is 0 Å². The van der Waals surface area contributed by atoms with Crippen molar-refractivity contribution in [2.24, 2.45) is 0 Å². The van der Waals surface area contributed by atoms with Gasteiger partial charge in [-0.25, -0.2) is 4.98 Å². The average Bonchev–Trinajstić information content (AvgIpc) is 1.58. The lowest BCUT2D eigenvalue weighted by Crippen LogP contribution is -1.99. The molecule has 0 atom stereocenters. The molecule has 0 fully saturated rings. The van der Waals surface area contributed by atoms with Crippen molar-refractivity contribution in [1.29, 1.82) is 0 Å². The van der Waals surface area contributed by atoms with E-state index in [1.165, 1.54) is 131 Å². The van der Waals surface area contributed by atoms with E-state index in [-0.39, 0.29) is 0 Å². The minimum atomic E-state index is 0.587. The Morgan fingerprint density at radius 3 is 0.800 bits per heavy atom. The van der Waals surface area contributed by atoms with E-state index in [1.54, 1.807) is 18.8 Å². The first-order valence-corrected chi connectivity index (χ1v) is 50.3.